The van der Waals surface area contributed by atoms with Gasteiger partial charge >= 0.3 is 0 Å². The van der Waals surface area contributed by atoms with Crippen LogP contribution in [0.1, 0.15) is 49.2 Å². The third-order valence-corrected chi connectivity index (χ3v) is 2.80. The number of unbranched alkanes of at least 4 members (excludes halogenated alkanes) is 1. The second-order valence-corrected chi connectivity index (χ2v) is 3.96. The first-order chi connectivity index (χ1) is 6.57. The van der Waals surface area contributed by atoms with Crippen molar-refractivity contribution in [2.45, 2.75) is 46.1 Å². The fraction of sp³-hybridized carbons (Fsp3) is 0.727. The summed E-state index contributed by atoms with van der Waals surface area (Å²) < 4.78 is 1.91. The molecule has 80 valence electrons. The van der Waals surface area contributed by atoms with Crippen LogP contribution in [0.3, 0.4) is 0 Å². The van der Waals surface area contributed by atoms with Crippen LogP contribution >= 0.6 is 0 Å². The maximum absolute atomic E-state index is 6.14. The van der Waals surface area contributed by atoms with Crippen LogP contribution in [0.2, 0.25) is 0 Å². The lowest BCUT2D eigenvalue weighted by molar-refractivity contribution is 0.597. The van der Waals surface area contributed by atoms with Gasteiger partial charge in [-0.25, -0.2) is 0 Å². The van der Waals surface area contributed by atoms with Crippen molar-refractivity contribution < 1.29 is 0 Å². The van der Waals surface area contributed by atoms with Gasteiger partial charge in [-0.15, -0.1) is 0 Å². The fourth-order valence-electron chi connectivity index (χ4n) is 1.89. The molecule has 0 fully saturated rings. The van der Waals surface area contributed by atoms with Crippen molar-refractivity contribution in [3.63, 3.8) is 0 Å². The molecule has 1 heterocycles. The van der Waals surface area contributed by atoms with Gasteiger partial charge in [0.15, 0.2) is 0 Å². The Morgan fingerprint density at radius 1 is 1.43 bits per heavy atom. The van der Waals surface area contributed by atoms with Gasteiger partial charge in [0.25, 0.3) is 0 Å². The van der Waals surface area contributed by atoms with E-state index in [-0.39, 0.29) is 6.04 Å². The van der Waals surface area contributed by atoms with Crippen molar-refractivity contribution in [3.8, 4) is 0 Å². The molecular weight excluding hydrogens is 174 g/mol. The highest BCUT2D eigenvalue weighted by Crippen LogP contribution is 2.22. The van der Waals surface area contributed by atoms with E-state index < -0.39 is 0 Å². The van der Waals surface area contributed by atoms with E-state index in [1.54, 1.807) is 0 Å². The van der Waals surface area contributed by atoms with Gasteiger partial charge in [-0.2, -0.15) is 5.10 Å². The molecule has 0 aromatic carbocycles. The Labute approximate surface area is 86.3 Å². The fourth-order valence-corrected chi connectivity index (χ4v) is 1.89. The largest absolute Gasteiger partial charge is 0.324 e. The SMILES string of the molecule is CCCCC(N)c1c(C)nn(C)c1C. The van der Waals surface area contributed by atoms with Gasteiger partial charge in [0.1, 0.15) is 0 Å². The van der Waals surface area contributed by atoms with Crippen molar-refractivity contribution in [2.24, 2.45) is 12.8 Å². The quantitative estimate of drug-likeness (QED) is 0.800. The molecule has 1 aromatic heterocycles. The smallest absolute Gasteiger partial charge is 0.0644 e. The zero-order valence-electron chi connectivity index (χ0n) is 9.67. The minimum atomic E-state index is 0.156. The average Bonchev–Trinajstić information content (AvgIpc) is 2.38. The van der Waals surface area contributed by atoms with E-state index >= 15 is 0 Å². The number of nitrogens with zero attached hydrogens (tertiary/aromatic N) is 2. The van der Waals surface area contributed by atoms with Crippen molar-refractivity contribution >= 4 is 0 Å². The first-order valence-electron chi connectivity index (χ1n) is 5.33. The van der Waals surface area contributed by atoms with E-state index in [1.807, 2.05) is 18.7 Å². The number of aryl methyl sites for hydroxylation is 2. The Balaban J connectivity index is 2.83. The van der Waals surface area contributed by atoms with Crippen molar-refractivity contribution in [1.82, 2.24) is 9.78 Å². The third-order valence-electron chi connectivity index (χ3n) is 2.80. The summed E-state index contributed by atoms with van der Waals surface area (Å²) in [5.41, 5.74) is 9.66. The summed E-state index contributed by atoms with van der Waals surface area (Å²) in [4.78, 5) is 0. The second-order valence-electron chi connectivity index (χ2n) is 3.96. The molecular formula is C11H21N3. The molecule has 1 atom stereocenters. The lowest BCUT2D eigenvalue weighted by atomic mass is 10.0. The minimum Gasteiger partial charge on any atom is -0.324 e. The van der Waals surface area contributed by atoms with Crippen LogP contribution in [-0.2, 0) is 7.05 Å². The first-order valence-corrected chi connectivity index (χ1v) is 5.33. The van der Waals surface area contributed by atoms with Crippen LogP contribution in [-0.4, -0.2) is 9.78 Å². The summed E-state index contributed by atoms with van der Waals surface area (Å²) in [6.07, 6.45) is 3.45. The zero-order valence-corrected chi connectivity index (χ0v) is 9.67. The Bertz CT molecular complexity index is 302. The van der Waals surface area contributed by atoms with E-state index in [0.29, 0.717) is 0 Å². The third kappa shape index (κ3) is 2.15. The Morgan fingerprint density at radius 2 is 2.07 bits per heavy atom. The molecule has 1 unspecified atom stereocenters. The molecule has 3 nitrogen and oxygen atoms in total. The van der Waals surface area contributed by atoms with Gasteiger partial charge in [0.2, 0.25) is 0 Å². The molecule has 0 aliphatic rings. The lowest BCUT2D eigenvalue weighted by Gasteiger charge is -2.11. The maximum Gasteiger partial charge on any atom is 0.0644 e. The zero-order chi connectivity index (χ0) is 10.7. The molecule has 0 aliphatic heterocycles. The van der Waals surface area contributed by atoms with Crippen molar-refractivity contribution in [1.29, 1.82) is 0 Å². The molecule has 2 N–H and O–H groups in total. The summed E-state index contributed by atoms with van der Waals surface area (Å²) in [5.74, 6) is 0. The van der Waals surface area contributed by atoms with Gasteiger partial charge in [-0.3, -0.25) is 4.68 Å². The number of nitrogens with two attached hydrogens (primary N) is 1. The molecule has 0 spiro atoms. The molecule has 0 bridgehead atoms. The normalized spacial score (nSPS) is 13.2. The summed E-state index contributed by atoms with van der Waals surface area (Å²) in [7, 11) is 1.97. The minimum absolute atomic E-state index is 0.156. The summed E-state index contributed by atoms with van der Waals surface area (Å²) >= 11 is 0. The highest BCUT2D eigenvalue weighted by Gasteiger charge is 2.15. The molecule has 0 radical (unpaired) electrons. The van der Waals surface area contributed by atoms with Gasteiger partial charge < -0.3 is 5.73 Å². The standard InChI is InChI=1S/C11H21N3/c1-5-6-7-10(12)11-8(2)13-14(4)9(11)3/h10H,5-7,12H2,1-4H3. The van der Waals surface area contributed by atoms with Crippen molar-refractivity contribution in [2.75, 3.05) is 0 Å². The predicted molar refractivity (Wildman–Crippen MR) is 59.1 cm³/mol. The predicted octanol–water partition coefficient (Wildman–Crippen LogP) is 2.23. The van der Waals surface area contributed by atoms with Crippen LogP contribution in [0.4, 0.5) is 0 Å². The number of rotatable bonds is 4. The highest BCUT2D eigenvalue weighted by molar-refractivity contribution is 5.27. The van der Waals surface area contributed by atoms with Crippen LogP contribution in [0.25, 0.3) is 0 Å². The highest BCUT2D eigenvalue weighted by atomic mass is 15.3. The summed E-state index contributed by atoms with van der Waals surface area (Å²) in [5, 5.41) is 4.38. The lowest BCUT2D eigenvalue weighted by Crippen LogP contribution is -2.12. The molecule has 1 rings (SSSR count). The topological polar surface area (TPSA) is 43.8 Å². The van der Waals surface area contributed by atoms with Crippen LogP contribution in [0.5, 0.6) is 0 Å². The van der Waals surface area contributed by atoms with E-state index in [2.05, 4.69) is 18.9 Å². The number of hydrogen-bond donors (Lipinski definition) is 1. The van der Waals surface area contributed by atoms with E-state index in [0.717, 1.165) is 12.1 Å². The number of aromatic nitrogens is 2. The van der Waals surface area contributed by atoms with Crippen LogP contribution in [0.15, 0.2) is 0 Å². The molecule has 0 saturated heterocycles. The molecule has 0 saturated carbocycles. The van der Waals surface area contributed by atoms with Gasteiger partial charge in [0.05, 0.1) is 5.69 Å². The number of hydrogen-bond acceptors (Lipinski definition) is 2. The molecule has 0 aliphatic carbocycles. The first kappa shape index (κ1) is 11.2. The van der Waals surface area contributed by atoms with Crippen LogP contribution < -0.4 is 5.73 Å². The molecule has 3 heteroatoms. The van der Waals surface area contributed by atoms with Crippen molar-refractivity contribution in [3.05, 3.63) is 17.0 Å². The van der Waals surface area contributed by atoms with E-state index in [1.165, 1.54) is 24.1 Å². The maximum atomic E-state index is 6.14. The Morgan fingerprint density at radius 3 is 2.50 bits per heavy atom. The average molecular weight is 195 g/mol. The molecule has 0 amide bonds. The molecule has 1 aromatic rings. The van der Waals surface area contributed by atoms with E-state index in [4.69, 9.17) is 5.73 Å². The van der Waals surface area contributed by atoms with E-state index in [9.17, 15) is 0 Å². The van der Waals surface area contributed by atoms with Gasteiger partial charge in [0, 0.05) is 24.3 Å². The summed E-state index contributed by atoms with van der Waals surface area (Å²) in [6.45, 7) is 6.31. The summed E-state index contributed by atoms with van der Waals surface area (Å²) in [6, 6.07) is 0.156. The Kier molecular flexibility index (Phi) is 3.69. The second kappa shape index (κ2) is 4.60. The Hall–Kier alpha value is -0.830. The van der Waals surface area contributed by atoms with Gasteiger partial charge in [-0.1, -0.05) is 19.8 Å². The molecule has 14 heavy (non-hydrogen) atoms. The van der Waals surface area contributed by atoms with Gasteiger partial charge in [-0.05, 0) is 20.3 Å². The monoisotopic (exact) mass is 195 g/mol. The van der Waals surface area contributed by atoms with Crippen LogP contribution in [0, 0.1) is 13.8 Å².